The summed E-state index contributed by atoms with van der Waals surface area (Å²) in [7, 11) is 0. The first-order valence-electron chi connectivity index (χ1n) is 2.83. The summed E-state index contributed by atoms with van der Waals surface area (Å²) in [4.78, 5) is 0. The van der Waals surface area contributed by atoms with E-state index in [0.717, 1.165) is 0 Å². The molecule has 0 spiro atoms. The quantitative estimate of drug-likeness (QED) is 0.414. The fourth-order valence-corrected chi connectivity index (χ4v) is 0. The van der Waals surface area contributed by atoms with Crippen molar-refractivity contribution in [3.63, 3.8) is 0 Å². The van der Waals surface area contributed by atoms with E-state index in [1.54, 1.807) is 0 Å². The molecule has 0 saturated heterocycles. The van der Waals surface area contributed by atoms with Gasteiger partial charge in [0.15, 0.2) is 0 Å². The van der Waals surface area contributed by atoms with Gasteiger partial charge in [-0.2, -0.15) is 0 Å². The van der Waals surface area contributed by atoms with E-state index in [0.29, 0.717) is 0 Å². The second kappa shape index (κ2) is 1800. The highest BCUT2D eigenvalue weighted by Crippen LogP contribution is 1.56. The van der Waals surface area contributed by atoms with Crippen molar-refractivity contribution in [2.24, 2.45) is 0 Å². The van der Waals surface area contributed by atoms with Gasteiger partial charge in [0.05, 0.1) is 0 Å². The fraction of sp³-hybridized carbons (Fsp3) is 1.00. The summed E-state index contributed by atoms with van der Waals surface area (Å²) < 4.78 is 0. The van der Waals surface area contributed by atoms with Crippen molar-refractivity contribution in [3.8, 4) is 0 Å². The first-order valence-corrected chi connectivity index (χ1v) is 2.83. The summed E-state index contributed by atoms with van der Waals surface area (Å²) in [6, 6.07) is 0. The van der Waals surface area contributed by atoms with Crippen LogP contribution in [0.2, 0.25) is 0 Å². The van der Waals surface area contributed by atoms with Gasteiger partial charge in [-0.3, -0.25) is 0 Å². The molecule has 0 N–H and O–H groups in total. The van der Waals surface area contributed by atoms with Gasteiger partial charge in [0, 0.05) is 0 Å². The molecule has 0 bridgehead atoms. The summed E-state index contributed by atoms with van der Waals surface area (Å²) in [5.41, 5.74) is 0. The van der Waals surface area contributed by atoms with Gasteiger partial charge < -0.3 is 0 Å². The molecule has 0 heteroatoms. The largest absolute Gasteiger partial charge is 0.0776 e. The van der Waals surface area contributed by atoms with E-state index in [-0.39, 0.29) is 111 Å². The molecule has 0 aromatic rings. The van der Waals surface area contributed by atoms with Crippen molar-refractivity contribution in [2.75, 3.05) is 0 Å². The SMILES string of the molecule is C.C.C.C.C.C.C.C.C.C.C.C.C.C.C.CCC.CCC. The predicted molar refractivity (Wildman–Crippen MR) is 133 cm³/mol. The van der Waals surface area contributed by atoms with Crippen LogP contribution >= 0.6 is 0 Å². The van der Waals surface area contributed by atoms with Gasteiger partial charge in [0.25, 0.3) is 0 Å². The number of rotatable bonds is 0. The Morgan fingerprint density at radius 3 is 0.238 bits per heavy atom. The highest BCUT2D eigenvalue weighted by molar-refractivity contribution is 3.92. The van der Waals surface area contributed by atoms with Gasteiger partial charge in [-0.1, -0.05) is 152 Å². The van der Waals surface area contributed by atoms with E-state index in [4.69, 9.17) is 0 Å². The molecular weight excluding hydrogens is 252 g/mol. The number of hydrogen-bond donors (Lipinski definition) is 0. The Morgan fingerprint density at radius 1 is 0.238 bits per heavy atom. The molecule has 21 heavy (non-hydrogen) atoms. The normalized spacial score (nSPS) is 1.71. The average molecular weight is 329 g/mol. The Balaban J connectivity index is -0.000000000593. The Morgan fingerprint density at radius 2 is 0.238 bits per heavy atom. The zero-order valence-electron chi connectivity index (χ0n) is 5.41. The van der Waals surface area contributed by atoms with E-state index in [9.17, 15) is 0 Å². The summed E-state index contributed by atoms with van der Waals surface area (Å²) >= 11 is 0. The summed E-state index contributed by atoms with van der Waals surface area (Å²) in [5, 5.41) is 0. The molecule has 0 unspecified atom stereocenters. The van der Waals surface area contributed by atoms with Crippen LogP contribution in [0.3, 0.4) is 0 Å². The molecule has 0 aliphatic rings. The van der Waals surface area contributed by atoms with E-state index in [1.165, 1.54) is 12.8 Å². The Kier molecular flexibility index (Phi) is 45100. The van der Waals surface area contributed by atoms with Crippen molar-refractivity contribution in [3.05, 3.63) is 0 Å². The fourth-order valence-electron chi connectivity index (χ4n) is 0. The summed E-state index contributed by atoms with van der Waals surface area (Å²) in [5.74, 6) is 0. The van der Waals surface area contributed by atoms with Crippen molar-refractivity contribution < 1.29 is 0 Å². The second-order valence-electron chi connectivity index (χ2n) is 1.41. The lowest BCUT2D eigenvalue weighted by atomic mass is 10.6. The third kappa shape index (κ3) is 0. The molecule has 0 aromatic carbocycles. The van der Waals surface area contributed by atoms with E-state index in [2.05, 4.69) is 27.7 Å². The third-order valence-corrected chi connectivity index (χ3v) is 0. The third-order valence-electron chi connectivity index (χ3n) is 0. The predicted octanol–water partition coefficient (Wildman–Crippen LogP) is 12.4. The van der Waals surface area contributed by atoms with Gasteiger partial charge in [-0.25, -0.2) is 0 Å². The van der Waals surface area contributed by atoms with Gasteiger partial charge in [0.1, 0.15) is 0 Å². The number of hydrogen-bond acceptors (Lipinski definition) is 0. The molecule has 0 saturated carbocycles. The maximum Gasteiger partial charge on any atom is -0.0590 e. The molecule has 0 heterocycles. The lowest BCUT2D eigenvalue weighted by Crippen LogP contribution is -1.27. The van der Waals surface area contributed by atoms with Crippen LogP contribution in [-0.2, 0) is 0 Å². The first kappa shape index (κ1) is 525. The van der Waals surface area contributed by atoms with Gasteiger partial charge in [0.2, 0.25) is 0 Å². The molecule has 0 aliphatic carbocycles. The lowest BCUT2D eigenvalue weighted by Gasteiger charge is -1.48. The molecule has 0 amide bonds. The highest BCUT2D eigenvalue weighted by atomic mass is 13.4. The van der Waals surface area contributed by atoms with Gasteiger partial charge in [-0.15, -0.1) is 0 Å². The van der Waals surface area contributed by atoms with Crippen LogP contribution in [0.4, 0.5) is 0 Å². The molecule has 0 radical (unpaired) electrons. The van der Waals surface area contributed by atoms with E-state index in [1.807, 2.05) is 0 Å². The molecule has 160 valence electrons. The van der Waals surface area contributed by atoms with Gasteiger partial charge in [-0.05, 0) is 0 Å². The van der Waals surface area contributed by atoms with Crippen molar-refractivity contribution >= 4 is 0 Å². The lowest BCUT2D eigenvalue weighted by molar-refractivity contribution is 1.09. The molecule has 0 aromatic heterocycles. The molecule has 0 aliphatic heterocycles. The first-order chi connectivity index (χ1) is 2.83. The van der Waals surface area contributed by atoms with Crippen molar-refractivity contribution in [2.45, 2.75) is 152 Å². The minimum Gasteiger partial charge on any atom is -0.0776 e. The molecule has 0 fully saturated rings. The average Bonchev–Trinajstić information content (AvgIpc) is 1.39. The summed E-state index contributed by atoms with van der Waals surface area (Å²) in [6.45, 7) is 8.50. The van der Waals surface area contributed by atoms with Gasteiger partial charge >= 0.3 is 0 Å². The van der Waals surface area contributed by atoms with Crippen molar-refractivity contribution in [1.29, 1.82) is 0 Å². The van der Waals surface area contributed by atoms with Crippen molar-refractivity contribution in [1.82, 2.24) is 0 Å². The zero-order valence-corrected chi connectivity index (χ0v) is 5.41. The van der Waals surface area contributed by atoms with E-state index >= 15 is 0 Å². The highest BCUT2D eigenvalue weighted by Gasteiger charge is 1.36. The molecule has 0 atom stereocenters. The minimum absolute atomic E-state index is 0. The second-order valence-corrected chi connectivity index (χ2v) is 1.41. The zero-order chi connectivity index (χ0) is 5.41. The summed E-state index contributed by atoms with van der Waals surface area (Å²) in [6.07, 6.45) is 2.50. The Labute approximate surface area is 152 Å². The topological polar surface area (TPSA) is 0 Å². The standard InChI is InChI=1S/2C3H8.15CH4/c2*1-3-2;;;;;;;;;;;;;;;/h2*3H2,1-2H3;15*1H4. The molecular formula is C21H76. The molecule has 0 nitrogen and oxygen atoms in total. The minimum atomic E-state index is 0. The van der Waals surface area contributed by atoms with Crippen LogP contribution in [0, 0.1) is 0 Å². The smallest absolute Gasteiger partial charge is 0.0590 e. The Bertz CT molecular complexity index is 2.00. The van der Waals surface area contributed by atoms with Crippen LogP contribution in [0.25, 0.3) is 0 Å². The van der Waals surface area contributed by atoms with Crippen LogP contribution in [0.5, 0.6) is 0 Å². The van der Waals surface area contributed by atoms with Crippen LogP contribution < -0.4 is 0 Å². The monoisotopic (exact) mass is 329 g/mol. The van der Waals surface area contributed by atoms with Crippen LogP contribution in [0.15, 0.2) is 0 Å². The molecule has 0 rings (SSSR count). The van der Waals surface area contributed by atoms with E-state index < -0.39 is 0 Å². The van der Waals surface area contributed by atoms with Crippen LogP contribution in [0.1, 0.15) is 152 Å². The van der Waals surface area contributed by atoms with Crippen LogP contribution in [-0.4, -0.2) is 0 Å². The Hall–Kier alpha value is 0. The maximum atomic E-state index is 2.12. The maximum absolute atomic E-state index is 2.12.